The molecular weight excluding hydrogens is 316 g/mol. The van der Waals surface area contributed by atoms with Crippen molar-refractivity contribution in [2.75, 3.05) is 13.1 Å². The Morgan fingerprint density at radius 2 is 2.12 bits per heavy atom. The van der Waals surface area contributed by atoms with Gasteiger partial charge >= 0.3 is 0 Å². The van der Waals surface area contributed by atoms with Gasteiger partial charge < -0.3 is 14.5 Å². The van der Waals surface area contributed by atoms with Crippen molar-refractivity contribution in [2.24, 2.45) is 7.05 Å². The molecule has 0 bridgehead atoms. The summed E-state index contributed by atoms with van der Waals surface area (Å²) in [6, 6.07) is 1.83. The molecule has 2 aromatic rings. The van der Waals surface area contributed by atoms with Crippen molar-refractivity contribution in [1.82, 2.24) is 19.4 Å². The Labute approximate surface area is 146 Å². The van der Waals surface area contributed by atoms with Gasteiger partial charge in [0.2, 0.25) is 0 Å². The lowest BCUT2D eigenvalue weighted by Gasteiger charge is -2.19. The summed E-state index contributed by atoms with van der Waals surface area (Å²) < 4.78 is 2.04. The largest absolute Gasteiger partial charge is 0.338 e. The summed E-state index contributed by atoms with van der Waals surface area (Å²) in [7, 11) is 1.99. The van der Waals surface area contributed by atoms with Crippen LogP contribution in [-0.4, -0.2) is 38.4 Å². The first-order valence-corrected chi connectivity index (χ1v) is 9.07. The quantitative estimate of drug-likeness (QED) is 0.908. The molecule has 6 heteroatoms. The molecule has 6 nitrogen and oxygen atoms in total. The zero-order valence-electron chi connectivity index (χ0n) is 14.8. The van der Waals surface area contributed by atoms with Crippen molar-refractivity contribution < 1.29 is 4.79 Å². The number of H-pyrrole nitrogens is 1. The number of hydrogen-bond donors (Lipinski definition) is 1. The smallest absolute Gasteiger partial charge is 0.261 e. The number of rotatable bonds is 2. The maximum atomic E-state index is 12.9. The van der Waals surface area contributed by atoms with Crippen molar-refractivity contribution in [3.05, 3.63) is 51.0 Å². The van der Waals surface area contributed by atoms with Crippen LogP contribution in [0.1, 0.15) is 58.3 Å². The fourth-order valence-electron chi connectivity index (χ4n) is 4.17. The molecule has 1 aliphatic heterocycles. The van der Waals surface area contributed by atoms with Crippen LogP contribution in [0.4, 0.5) is 0 Å². The first-order valence-electron chi connectivity index (χ1n) is 9.07. The minimum atomic E-state index is -0.248. The number of fused-ring (bicyclic) bond motifs is 1. The van der Waals surface area contributed by atoms with Crippen LogP contribution in [0, 0.1) is 6.92 Å². The van der Waals surface area contributed by atoms with Crippen LogP contribution in [0.15, 0.2) is 17.1 Å². The minimum Gasteiger partial charge on any atom is -0.338 e. The van der Waals surface area contributed by atoms with Gasteiger partial charge in [0.05, 0.1) is 5.69 Å². The Balaban J connectivity index is 1.56. The molecule has 1 amide bonds. The van der Waals surface area contributed by atoms with Crippen molar-refractivity contribution in [1.29, 1.82) is 0 Å². The number of nitrogens with one attached hydrogen (secondary N) is 1. The number of amides is 1. The number of aromatic nitrogens is 3. The highest BCUT2D eigenvalue weighted by atomic mass is 16.2. The van der Waals surface area contributed by atoms with Gasteiger partial charge in [0, 0.05) is 37.9 Å². The number of hydrogen-bond acceptors (Lipinski definition) is 3. The molecule has 3 heterocycles. The Hall–Kier alpha value is -2.37. The monoisotopic (exact) mass is 340 g/mol. The maximum Gasteiger partial charge on any atom is 0.261 e. The lowest BCUT2D eigenvalue weighted by Crippen LogP contribution is -2.34. The SMILES string of the molecule is Cc1cn(C)c(C2CCN(C(=O)c3cc4c([nH]c3=O)CCCC4)C2)n1. The zero-order valence-corrected chi connectivity index (χ0v) is 14.8. The van der Waals surface area contributed by atoms with Crippen molar-refractivity contribution in [3.63, 3.8) is 0 Å². The summed E-state index contributed by atoms with van der Waals surface area (Å²) >= 11 is 0. The van der Waals surface area contributed by atoms with E-state index in [-0.39, 0.29) is 22.9 Å². The van der Waals surface area contributed by atoms with Crippen LogP contribution in [-0.2, 0) is 19.9 Å². The van der Waals surface area contributed by atoms with E-state index in [4.69, 9.17) is 0 Å². The van der Waals surface area contributed by atoms with E-state index in [1.807, 2.05) is 30.8 Å². The molecule has 2 aliphatic rings. The van der Waals surface area contributed by atoms with Gasteiger partial charge in [-0.2, -0.15) is 0 Å². The van der Waals surface area contributed by atoms with Crippen LogP contribution in [0.2, 0.25) is 0 Å². The Bertz CT molecular complexity index is 880. The Morgan fingerprint density at radius 1 is 1.32 bits per heavy atom. The summed E-state index contributed by atoms with van der Waals surface area (Å²) in [5.74, 6) is 1.11. The average molecular weight is 340 g/mol. The molecular formula is C19H24N4O2. The lowest BCUT2D eigenvalue weighted by atomic mass is 9.95. The highest BCUT2D eigenvalue weighted by Crippen LogP contribution is 2.27. The summed E-state index contributed by atoms with van der Waals surface area (Å²) in [5.41, 5.74) is 3.17. The third kappa shape index (κ3) is 2.90. The average Bonchev–Trinajstić information content (AvgIpc) is 3.20. The van der Waals surface area contributed by atoms with Gasteiger partial charge in [-0.3, -0.25) is 9.59 Å². The Kier molecular flexibility index (Phi) is 3.98. The molecule has 1 unspecified atom stereocenters. The van der Waals surface area contributed by atoms with Crippen molar-refractivity contribution >= 4 is 5.91 Å². The van der Waals surface area contributed by atoms with E-state index in [0.29, 0.717) is 13.1 Å². The van der Waals surface area contributed by atoms with Crippen LogP contribution < -0.4 is 5.56 Å². The van der Waals surface area contributed by atoms with E-state index >= 15 is 0 Å². The first kappa shape index (κ1) is 16.1. The molecule has 132 valence electrons. The second-order valence-corrected chi connectivity index (χ2v) is 7.31. The molecule has 4 rings (SSSR count). The van der Waals surface area contributed by atoms with Crippen molar-refractivity contribution in [3.8, 4) is 0 Å². The number of aryl methyl sites for hydroxylation is 4. The van der Waals surface area contributed by atoms with Crippen molar-refractivity contribution in [2.45, 2.75) is 44.9 Å². The van der Waals surface area contributed by atoms with Gasteiger partial charge in [-0.05, 0) is 50.7 Å². The molecule has 1 saturated heterocycles. The molecule has 0 saturated carbocycles. The molecule has 2 aromatic heterocycles. The Morgan fingerprint density at radius 3 is 2.88 bits per heavy atom. The number of carbonyl (C=O) groups is 1. The third-order valence-corrected chi connectivity index (χ3v) is 5.44. The number of carbonyl (C=O) groups excluding carboxylic acids is 1. The molecule has 1 atom stereocenters. The fourth-order valence-corrected chi connectivity index (χ4v) is 4.17. The predicted molar refractivity (Wildman–Crippen MR) is 94.9 cm³/mol. The van der Waals surface area contributed by atoms with Crippen LogP contribution >= 0.6 is 0 Å². The number of pyridine rings is 1. The van der Waals surface area contributed by atoms with E-state index < -0.39 is 0 Å². The van der Waals surface area contributed by atoms with Gasteiger partial charge in [0.1, 0.15) is 11.4 Å². The van der Waals surface area contributed by atoms with Gasteiger partial charge in [-0.15, -0.1) is 0 Å². The maximum absolute atomic E-state index is 12.9. The standard InChI is InChI=1S/C19H24N4O2/c1-12-10-22(2)17(20-12)14-7-8-23(11-14)19(25)15-9-13-5-3-4-6-16(13)21-18(15)24/h9-10,14H,3-8,11H2,1-2H3,(H,21,24). The minimum absolute atomic E-state index is 0.150. The van der Waals surface area contributed by atoms with Gasteiger partial charge in [-0.25, -0.2) is 4.98 Å². The topological polar surface area (TPSA) is 71.0 Å². The molecule has 25 heavy (non-hydrogen) atoms. The van der Waals surface area contributed by atoms with E-state index in [0.717, 1.165) is 54.9 Å². The van der Waals surface area contributed by atoms with E-state index in [1.54, 1.807) is 4.90 Å². The zero-order chi connectivity index (χ0) is 17.6. The van der Waals surface area contributed by atoms with E-state index in [1.165, 1.54) is 0 Å². The summed E-state index contributed by atoms with van der Waals surface area (Å²) in [6.07, 6.45) is 6.97. The summed E-state index contributed by atoms with van der Waals surface area (Å²) in [5, 5.41) is 0. The number of likely N-dealkylation sites (tertiary alicyclic amines) is 1. The molecule has 0 spiro atoms. The lowest BCUT2D eigenvalue weighted by molar-refractivity contribution is 0.0788. The van der Waals surface area contributed by atoms with E-state index in [9.17, 15) is 9.59 Å². The summed E-state index contributed by atoms with van der Waals surface area (Å²) in [6.45, 7) is 3.28. The summed E-state index contributed by atoms with van der Waals surface area (Å²) in [4.78, 5) is 34.6. The van der Waals surface area contributed by atoms with E-state index in [2.05, 4.69) is 9.97 Å². The molecule has 1 fully saturated rings. The highest BCUT2D eigenvalue weighted by molar-refractivity contribution is 5.94. The molecule has 0 radical (unpaired) electrons. The molecule has 1 N–H and O–H groups in total. The number of nitrogens with zero attached hydrogens (tertiary/aromatic N) is 3. The molecule has 0 aromatic carbocycles. The van der Waals surface area contributed by atoms with Gasteiger partial charge in [0.25, 0.3) is 11.5 Å². The number of aromatic amines is 1. The van der Waals surface area contributed by atoms with Crippen LogP contribution in [0.3, 0.4) is 0 Å². The predicted octanol–water partition coefficient (Wildman–Crippen LogP) is 1.93. The first-order chi connectivity index (χ1) is 12.0. The third-order valence-electron chi connectivity index (χ3n) is 5.44. The normalized spacial score (nSPS) is 19.9. The highest BCUT2D eigenvalue weighted by Gasteiger charge is 2.31. The van der Waals surface area contributed by atoms with Crippen LogP contribution in [0.25, 0.3) is 0 Å². The second kappa shape index (κ2) is 6.17. The number of imidazole rings is 1. The van der Waals surface area contributed by atoms with Crippen LogP contribution in [0.5, 0.6) is 0 Å². The van der Waals surface area contributed by atoms with Gasteiger partial charge in [-0.1, -0.05) is 0 Å². The molecule has 1 aliphatic carbocycles. The second-order valence-electron chi connectivity index (χ2n) is 7.31. The fraction of sp³-hybridized carbons (Fsp3) is 0.526. The van der Waals surface area contributed by atoms with Gasteiger partial charge in [0.15, 0.2) is 0 Å².